The van der Waals surface area contributed by atoms with Gasteiger partial charge in [-0.3, -0.25) is 4.79 Å². The minimum atomic E-state index is -0.560. The minimum Gasteiger partial charge on any atom is -0.398 e. The van der Waals surface area contributed by atoms with Crippen molar-refractivity contribution < 1.29 is 4.79 Å². The SMILES string of the molecule is CC(C)C[C@](C)(CC=N)C(=O)c1ccc(N)c(Cl)c1. The number of rotatable bonds is 6. The summed E-state index contributed by atoms with van der Waals surface area (Å²) in [6.45, 7) is 6.06. The summed E-state index contributed by atoms with van der Waals surface area (Å²) >= 11 is 5.97. The first-order valence-electron chi connectivity index (χ1n) is 6.39. The van der Waals surface area contributed by atoms with Crippen molar-refractivity contribution in [1.29, 1.82) is 5.41 Å². The number of nitrogen functional groups attached to an aromatic ring is 1. The van der Waals surface area contributed by atoms with Gasteiger partial charge in [0.05, 0.1) is 10.7 Å². The summed E-state index contributed by atoms with van der Waals surface area (Å²) in [5, 5.41) is 7.71. The first kappa shape index (κ1) is 15.7. The highest BCUT2D eigenvalue weighted by molar-refractivity contribution is 6.33. The Morgan fingerprint density at radius 3 is 2.63 bits per heavy atom. The third-order valence-electron chi connectivity index (χ3n) is 3.22. The quantitative estimate of drug-likeness (QED) is 0.466. The average Bonchev–Trinajstić information content (AvgIpc) is 2.31. The molecule has 104 valence electrons. The fourth-order valence-corrected chi connectivity index (χ4v) is 2.59. The van der Waals surface area contributed by atoms with Gasteiger partial charge in [-0.15, -0.1) is 0 Å². The summed E-state index contributed by atoms with van der Waals surface area (Å²) in [5.41, 5.74) is 6.13. The normalized spacial score (nSPS) is 14.2. The molecule has 3 N–H and O–H groups in total. The lowest BCUT2D eigenvalue weighted by Gasteiger charge is -2.28. The number of benzene rings is 1. The molecular weight excluding hydrogens is 260 g/mol. The zero-order chi connectivity index (χ0) is 14.6. The molecule has 0 heterocycles. The molecule has 0 aliphatic heterocycles. The summed E-state index contributed by atoms with van der Waals surface area (Å²) < 4.78 is 0. The molecule has 0 bridgehead atoms. The van der Waals surface area contributed by atoms with Crippen molar-refractivity contribution in [2.45, 2.75) is 33.6 Å². The second kappa shape index (κ2) is 6.20. The van der Waals surface area contributed by atoms with E-state index in [0.29, 0.717) is 28.6 Å². The van der Waals surface area contributed by atoms with Gasteiger partial charge in [0.15, 0.2) is 5.78 Å². The van der Waals surface area contributed by atoms with Crippen molar-refractivity contribution in [2.75, 3.05) is 5.73 Å². The van der Waals surface area contributed by atoms with E-state index in [1.54, 1.807) is 18.2 Å². The van der Waals surface area contributed by atoms with E-state index in [-0.39, 0.29) is 5.78 Å². The van der Waals surface area contributed by atoms with Crippen molar-refractivity contribution in [3.63, 3.8) is 0 Å². The number of nitrogens with one attached hydrogen (secondary N) is 1. The molecular formula is C15H21ClN2O. The van der Waals surface area contributed by atoms with E-state index < -0.39 is 5.41 Å². The monoisotopic (exact) mass is 280 g/mol. The molecule has 0 aliphatic rings. The van der Waals surface area contributed by atoms with E-state index in [9.17, 15) is 4.79 Å². The largest absolute Gasteiger partial charge is 0.398 e. The van der Waals surface area contributed by atoms with Gasteiger partial charge in [0.25, 0.3) is 0 Å². The summed E-state index contributed by atoms with van der Waals surface area (Å²) in [6.07, 6.45) is 2.48. The standard InChI is InChI=1S/C15H21ClN2O/c1-10(2)9-15(3,6-7-17)14(19)11-4-5-13(18)12(16)8-11/h4-5,7-8,10,17H,6,9,18H2,1-3H3/t15-/m0/s1. The molecule has 0 unspecified atom stereocenters. The Kier molecular flexibility index (Phi) is 5.12. The van der Waals surface area contributed by atoms with Crippen molar-refractivity contribution in [1.82, 2.24) is 0 Å². The number of Topliss-reactive ketones (excluding diaryl/α,β-unsaturated/α-hetero) is 1. The van der Waals surface area contributed by atoms with Crippen LogP contribution in [0.1, 0.15) is 44.0 Å². The Hall–Kier alpha value is -1.35. The highest BCUT2D eigenvalue weighted by Gasteiger charge is 2.33. The smallest absolute Gasteiger partial charge is 0.169 e. The van der Waals surface area contributed by atoms with Gasteiger partial charge in [-0.1, -0.05) is 32.4 Å². The molecule has 4 heteroatoms. The minimum absolute atomic E-state index is 0.0200. The third kappa shape index (κ3) is 3.80. The van der Waals surface area contributed by atoms with Gasteiger partial charge in [0, 0.05) is 11.0 Å². The molecule has 0 saturated carbocycles. The van der Waals surface area contributed by atoms with Crippen molar-refractivity contribution in [3.05, 3.63) is 28.8 Å². The molecule has 19 heavy (non-hydrogen) atoms. The summed E-state index contributed by atoms with van der Waals surface area (Å²) in [7, 11) is 0. The maximum absolute atomic E-state index is 12.7. The molecule has 3 nitrogen and oxygen atoms in total. The molecule has 0 fully saturated rings. The van der Waals surface area contributed by atoms with Crippen LogP contribution in [0.25, 0.3) is 0 Å². The van der Waals surface area contributed by atoms with Crippen LogP contribution in [0.15, 0.2) is 18.2 Å². The number of ketones is 1. The van der Waals surface area contributed by atoms with Gasteiger partial charge in [-0.2, -0.15) is 0 Å². The summed E-state index contributed by atoms with van der Waals surface area (Å²) in [4.78, 5) is 12.7. The molecule has 1 rings (SSSR count). The van der Waals surface area contributed by atoms with Crippen LogP contribution < -0.4 is 5.73 Å². The van der Waals surface area contributed by atoms with E-state index >= 15 is 0 Å². The van der Waals surface area contributed by atoms with Crippen LogP contribution >= 0.6 is 11.6 Å². The Morgan fingerprint density at radius 1 is 1.53 bits per heavy atom. The molecule has 1 aromatic carbocycles. The molecule has 1 aromatic rings. The Balaban J connectivity index is 3.11. The average molecular weight is 281 g/mol. The van der Waals surface area contributed by atoms with E-state index in [0.717, 1.165) is 6.42 Å². The topological polar surface area (TPSA) is 66.9 Å². The van der Waals surface area contributed by atoms with E-state index in [4.69, 9.17) is 22.7 Å². The van der Waals surface area contributed by atoms with Gasteiger partial charge < -0.3 is 11.1 Å². The number of hydrogen-bond acceptors (Lipinski definition) is 3. The van der Waals surface area contributed by atoms with Gasteiger partial charge in [0.2, 0.25) is 0 Å². The zero-order valence-electron chi connectivity index (χ0n) is 11.7. The van der Waals surface area contributed by atoms with Gasteiger partial charge in [-0.05, 0) is 43.2 Å². The lowest BCUT2D eigenvalue weighted by atomic mass is 9.74. The molecule has 0 spiro atoms. The fraction of sp³-hybridized carbons (Fsp3) is 0.467. The number of carbonyl (C=O) groups is 1. The van der Waals surface area contributed by atoms with E-state index in [2.05, 4.69) is 13.8 Å². The van der Waals surface area contributed by atoms with Crippen LogP contribution in [-0.2, 0) is 0 Å². The third-order valence-corrected chi connectivity index (χ3v) is 3.55. The first-order chi connectivity index (χ1) is 8.80. The van der Waals surface area contributed by atoms with Crippen LogP contribution in [0.3, 0.4) is 0 Å². The zero-order valence-corrected chi connectivity index (χ0v) is 12.4. The second-order valence-electron chi connectivity index (χ2n) is 5.63. The van der Waals surface area contributed by atoms with Crippen LogP contribution in [0, 0.1) is 16.7 Å². The van der Waals surface area contributed by atoms with Crippen LogP contribution in [-0.4, -0.2) is 12.0 Å². The van der Waals surface area contributed by atoms with Crippen LogP contribution in [0.5, 0.6) is 0 Å². The highest BCUT2D eigenvalue weighted by atomic mass is 35.5. The molecule has 0 amide bonds. The number of halogens is 1. The molecule has 0 aliphatic carbocycles. The number of nitrogens with two attached hydrogens (primary N) is 1. The molecule has 0 saturated heterocycles. The Bertz CT molecular complexity index is 485. The summed E-state index contributed by atoms with van der Waals surface area (Å²) in [5.74, 6) is 0.407. The Labute approximate surface area is 119 Å². The van der Waals surface area contributed by atoms with Gasteiger partial charge in [-0.25, -0.2) is 0 Å². The number of hydrogen-bond donors (Lipinski definition) is 2. The fourth-order valence-electron chi connectivity index (χ4n) is 2.41. The van der Waals surface area contributed by atoms with E-state index in [1.165, 1.54) is 6.21 Å². The Morgan fingerprint density at radius 2 is 2.16 bits per heavy atom. The van der Waals surface area contributed by atoms with Crippen LogP contribution in [0.2, 0.25) is 5.02 Å². The van der Waals surface area contributed by atoms with Gasteiger partial charge >= 0.3 is 0 Å². The molecule has 0 aromatic heterocycles. The van der Waals surface area contributed by atoms with Crippen LogP contribution in [0.4, 0.5) is 5.69 Å². The predicted octanol–water partition coefficient (Wildman–Crippen LogP) is 4.20. The van der Waals surface area contributed by atoms with Crippen molar-refractivity contribution in [2.24, 2.45) is 11.3 Å². The van der Waals surface area contributed by atoms with Crippen molar-refractivity contribution in [3.8, 4) is 0 Å². The number of carbonyl (C=O) groups excluding carboxylic acids is 1. The van der Waals surface area contributed by atoms with Gasteiger partial charge in [0.1, 0.15) is 0 Å². The maximum Gasteiger partial charge on any atom is 0.169 e. The highest BCUT2D eigenvalue weighted by Crippen LogP contribution is 2.34. The lowest BCUT2D eigenvalue weighted by molar-refractivity contribution is 0.0792. The second-order valence-corrected chi connectivity index (χ2v) is 6.04. The molecule has 1 atom stereocenters. The number of anilines is 1. The van der Waals surface area contributed by atoms with Crippen molar-refractivity contribution >= 4 is 29.3 Å². The maximum atomic E-state index is 12.7. The summed E-state index contributed by atoms with van der Waals surface area (Å²) in [6, 6.07) is 4.96. The van der Waals surface area contributed by atoms with E-state index in [1.807, 2.05) is 6.92 Å². The lowest BCUT2D eigenvalue weighted by Crippen LogP contribution is -2.30. The predicted molar refractivity (Wildman–Crippen MR) is 81.2 cm³/mol. The molecule has 0 radical (unpaired) electrons. The first-order valence-corrected chi connectivity index (χ1v) is 6.76.